The van der Waals surface area contributed by atoms with Crippen molar-refractivity contribution in [2.75, 3.05) is 13.2 Å². The highest BCUT2D eigenvalue weighted by molar-refractivity contribution is 5.71. The largest absolute Gasteiger partial charge is 0.463 e. The standard InChI is InChI=1S/C7H11O4/c1-6(2)3-11-7(9)4-10-5-8/h6H,3-4H2,1-2H3. The van der Waals surface area contributed by atoms with Crippen molar-refractivity contribution in [1.82, 2.24) is 0 Å². The predicted octanol–water partition coefficient (Wildman–Crippen LogP) is 0.269. The van der Waals surface area contributed by atoms with E-state index in [0.29, 0.717) is 12.5 Å². The van der Waals surface area contributed by atoms with Crippen LogP contribution in [0.25, 0.3) is 0 Å². The molecule has 0 aromatic heterocycles. The van der Waals surface area contributed by atoms with Gasteiger partial charge in [-0.3, -0.25) is 0 Å². The van der Waals surface area contributed by atoms with Crippen molar-refractivity contribution in [2.24, 2.45) is 5.92 Å². The van der Waals surface area contributed by atoms with Crippen molar-refractivity contribution < 1.29 is 19.1 Å². The van der Waals surface area contributed by atoms with E-state index < -0.39 is 5.97 Å². The van der Waals surface area contributed by atoms with Crippen LogP contribution in [0.3, 0.4) is 0 Å². The molecule has 0 bridgehead atoms. The summed E-state index contributed by atoms with van der Waals surface area (Å²) < 4.78 is 8.71. The van der Waals surface area contributed by atoms with Crippen LogP contribution in [0.1, 0.15) is 13.8 Å². The number of rotatable bonds is 5. The molecule has 0 amide bonds. The van der Waals surface area contributed by atoms with E-state index >= 15 is 0 Å². The quantitative estimate of drug-likeness (QED) is 0.540. The van der Waals surface area contributed by atoms with Gasteiger partial charge in [-0.15, -0.1) is 0 Å². The van der Waals surface area contributed by atoms with E-state index in [4.69, 9.17) is 0 Å². The van der Waals surface area contributed by atoms with Crippen LogP contribution in [0.4, 0.5) is 0 Å². The van der Waals surface area contributed by atoms with Crippen molar-refractivity contribution in [3.63, 3.8) is 0 Å². The van der Waals surface area contributed by atoms with Crippen molar-refractivity contribution in [1.29, 1.82) is 0 Å². The van der Waals surface area contributed by atoms with Crippen LogP contribution < -0.4 is 0 Å². The van der Waals surface area contributed by atoms with Gasteiger partial charge < -0.3 is 9.47 Å². The Bertz CT molecular complexity index is 130. The highest BCUT2D eigenvalue weighted by Crippen LogP contribution is 1.92. The molecule has 0 unspecified atom stereocenters. The third-order valence-electron chi connectivity index (χ3n) is 0.827. The molecule has 0 heterocycles. The van der Waals surface area contributed by atoms with E-state index in [1.165, 1.54) is 0 Å². The maximum absolute atomic E-state index is 10.6. The number of hydrogen-bond donors (Lipinski definition) is 0. The van der Waals surface area contributed by atoms with Gasteiger partial charge in [0.2, 0.25) is 0 Å². The van der Waals surface area contributed by atoms with Gasteiger partial charge in [0.05, 0.1) is 6.61 Å². The average Bonchev–Trinajstić information content (AvgIpc) is 1.97. The maximum Gasteiger partial charge on any atom is 0.418 e. The minimum absolute atomic E-state index is 0.291. The summed E-state index contributed by atoms with van der Waals surface area (Å²) in [6.07, 6.45) is 0. The first-order chi connectivity index (χ1) is 5.16. The lowest BCUT2D eigenvalue weighted by Crippen LogP contribution is -2.15. The van der Waals surface area contributed by atoms with E-state index in [1.807, 2.05) is 13.8 Å². The summed E-state index contributed by atoms with van der Waals surface area (Å²) in [6.45, 7) is 4.97. The van der Waals surface area contributed by atoms with Gasteiger partial charge in [-0.25, -0.2) is 9.59 Å². The van der Waals surface area contributed by atoms with Crippen LogP contribution in [0.5, 0.6) is 0 Å². The molecule has 0 fully saturated rings. The zero-order valence-corrected chi connectivity index (χ0v) is 6.62. The molecule has 0 aromatic carbocycles. The molecule has 0 spiro atoms. The normalized spacial score (nSPS) is 9.36. The van der Waals surface area contributed by atoms with Gasteiger partial charge >= 0.3 is 12.4 Å². The minimum atomic E-state index is -0.540. The van der Waals surface area contributed by atoms with Crippen LogP contribution in [-0.4, -0.2) is 25.7 Å². The van der Waals surface area contributed by atoms with E-state index in [1.54, 1.807) is 0 Å². The molecule has 0 aliphatic rings. The third-order valence-corrected chi connectivity index (χ3v) is 0.827. The average molecular weight is 159 g/mol. The smallest absolute Gasteiger partial charge is 0.418 e. The van der Waals surface area contributed by atoms with Gasteiger partial charge in [0.1, 0.15) is 0 Å². The fourth-order valence-electron chi connectivity index (χ4n) is 0.390. The monoisotopic (exact) mass is 159 g/mol. The van der Waals surface area contributed by atoms with Gasteiger partial charge in [-0.1, -0.05) is 13.8 Å². The van der Waals surface area contributed by atoms with Crippen molar-refractivity contribution in [3.05, 3.63) is 0 Å². The molecule has 1 radical (unpaired) electrons. The summed E-state index contributed by atoms with van der Waals surface area (Å²) in [5.74, 6) is -0.249. The molecule has 11 heavy (non-hydrogen) atoms. The molecule has 0 saturated heterocycles. The first-order valence-corrected chi connectivity index (χ1v) is 3.31. The highest BCUT2D eigenvalue weighted by atomic mass is 16.6. The molecule has 0 atom stereocenters. The summed E-state index contributed by atoms with van der Waals surface area (Å²) >= 11 is 0. The van der Waals surface area contributed by atoms with Crippen LogP contribution in [0.2, 0.25) is 0 Å². The Morgan fingerprint density at radius 2 is 2.18 bits per heavy atom. The molecule has 0 aliphatic heterocycles. The predicted molar refractivity (Wildman–Crippen MR) is 37.4 cm³/mol. The first kappa shape index (κ1) is 9.94. The fraction of sp³-hybridized carbons (Fsp3) is 0.714. The Morgan fingerprint density at radius 3 is 2.64 bits per heavy atom. The Balaban J connectivity index is 3.29. The molecule has 4 nitrogen and oxygen atoms in total. The summed E-state index contributed by atoms with van der Waals surface area (Å²) in [6, 6.07) is 0. The Kier molecular flexibility index (Phi) is 5.15. The molecule has 0 N–H and O–H groups in total. The van der Waals surface area contributed by atoms with Gasteiger partial charge in [-0.2, -0.15) is 0 Å². The second kappa shape index (κ2) is 5.70. The van der Waals surface area contributed by atoms with Gasteiger partial charge in [-0.05, 0) is 5.92 Å². The summed E-state index contributed by atoms with van der Waals surface area (Å²) in [5.41, 5.74) is 0. The number of esters is 1. The highest BCUT2D eigenvalue weighted by Gasteiger charge is 2.03. The van der Waals surface area contributed by atoms with Crippen molar-refractivity contribution >= 4 is 12.4 Å². The summed E-state index contributed by atoms with van der Waals surface area (Å²) in [4.78, 5) is 20.1. The number of carbonyl (C=O) groups excluding carboxylic acids is 2. The Labute approximate surface area is 65.5 Å². The van der Waals surface area contributed by atoms with Gasteiger partial charge in [0.25, 0.3) is 0 Å². The van der Waals surface area contributed by atoms with Crippen LogP contribution in [0, 0.1) is 5.92 Å². The molecule has 4 heteroatoms. The molecule has 0 aromatic rings. The molecule has 63 valence electrons. The zero-order valence-electron chi connectivity index (χ0n) is 6.62. The first-order valence-electron chi connectivity index (χ1n) is 3.31. The fourth-order valence-corrected chi connectivity index (χ4v) is 0.390. The van der Waals surface area contributed by atoms with Crippen molar-refractivity contribution in [2.45, 2.75) is 13.8 Å². The molecule has 0 rings (SSSR count). The SMILES string of the molecule is CC(C)COC(=O)CO[C]=O. The Hall–Kier alpha value is -1.06. The molecular formula is C7H11O4. The zero-order chi connectivity index (χ0) is 8.69. The second-order valence-corrected chi connectivity index (χ2v) is 2.45. The van der Waals surface area contributed by atoms with Crippen LogP contribution >= 0.6 is 0 Å². The van der Waals surface area contributed by atoms with E-state index in [2.05, 4.69) is 9.47 Å². The topological polar surface area (TPSA) is 52.6 Å². The van der Waals surface area contributed by atoms with Gasteiger partial charge in [0, 0.05) is 0 Å². The van der Waals surface area contributed by atoms with Crippen LogP contribution in [-0.2, 0) is 19.1 Å². The maximum atomic E-state index is 10.6. The molecular weight excluding hydrogens is 148 g/mol. The van der Waals surface area contributed by atoms with Gasteiger partial charge in [0.15, 0.2) is 6.61 Å². The Morgan fingerprint density at radius 1 is 1.55 bits per heavy atom. The lowest BCUT2D eigenvalue weighted by Gasteiger charge is -2.05. The molecule has 0 saturated carbocycles. The van der Waals surface area contributed by atoms with Crippen molar-refractivity contribution in [3.8, 4) is 0 Å². The lowest BCUT2D eigenvalue weighted by atomic mass is 10.2. The van der Waals surface area contributed by atoms with E-state index in [0.717, 1.165) is 6.47 Å². The second-order valence-electron chi connectivity index (χ2n) is 2.45. The summed E-state index contributed by atoms with van der Waals surface area (Å²) in [7, 11) is 0. The van der Waals surface area contributed by atoms with E-state index in [-0.39, 0.29) is 6.61 Å². The minimum Gasteiger partial charge on any atom is -0.463 e. The third kappa shape index (κ3) is 6.83. The number of carbonyl (C=O) groups is 1. The lowest BCUT2D eigenvalue weighted by molar-refractivity contribution is -0.147. The summed E-state index contributed by atoms with van der Waals surface area (Å²) in [5, 5.41) is 0. The van der Waals surface area contributed by atoms with E-state index in [9.17, 15) is 9.59 Å². The molecule has 0 aliphatic carbocycles. The van der Waals surface area contributed by atoms with Crippen LogP contribution in [0.15, 0.2) is 0 Å². The number of ether oxygens (including phenoxy) is 2. The number of hydrogen-bond acceptors (Lipinski definition) is 4.